The van der Waals surface area contributed by atoms with E-state index in [1.165, 1.54) is 16.7 Å². The lowest BCUT2D eigenvalue weighted by molar-refractivity contribution is 0.694. The average molecular weight is 248 g/mol. The van der Waals surface area contributed by atoms with Crippen molar-refractivity contribution >= 4 is 0 Å². The van der Waals surface area contributed by atoms with Crippen LogP contribution >= 0.6 is 0 Å². The Balaban J connectivity index is 1.91. The summed E-state index contributed by atoms with van der Waals surface area (Å²) >= 11 is 0. The molecule has 0 aliphatic carbocycles. The van der Waals surface area contributed by atoms with Crippen LogP contribution in [0.2, 0.25) is 0 Å². The van der Waals surface area contributed by atoms with Crippen molar-refractivity contribution in [3.8, 4) is 11.3 Å². The van der Waals surface area contributed by atoms with Gasteiger partial charge in [-0.2, -0.15) is 5.10 Å². The Morgan fingerprint density at radius 2 is 1.63 bits per heavy atom. The third-order valence-electron chi connectivity index (χ3n) is 3.24. The highest BCUT2D eigenvalue weighted by Crippen LogP contribution is 2.19. The van der Waals surface area contributed by atoms with Crippen LogP contribution in [-0.2, 0) is 6.54 Å². The molecule has 0 aliphatic heterocycles. The summed E-state index contributed by atoms with van der Waals surface area (Å²) in [5, 5.41) is 4.43. The van der Waals surface area contributed by atoms with Gasteiger partial charge in [-0.3, -0.25) is 4.68 Å². The second-order valence-corrected chi connectivity index (χ2v) is 4.73. The van der Waals surface area contributed by atoms with Crippen LogP contribution in [0.5, 0.6) is 0 Å². The standard InChI is InChI=1S/C17H16N2/c1-14-7-9-15(10-8-14)13-19-17(11-12-18-19)16-5-3-2-4-6-16/h2-12H,13H2,1H3. The van der Waals surface area contributed by atoms with Crippen LogP contribution in [0.4, 0.5) is 0 Å². The Kier molecular flexibility index (Phi) is 3.15. The van der Waals surface area contributed by atoms with Crippen molar-refractivity contribution in [2.45, 2.75) is 13.5 Å². The van der Waals surface area contributed by atoms with Crippen LogP contribution < -0.4 is 0 Å². The molecule has 0 unspecified atom stereocenters. The van der Waals surface area contributed by atoms with Crippen molar-refractivity contribution in [2.24, 2.45) is 0 Å². The second kappa shape index (κ2) is 5.11. The van der Waals surface area contributed by atoms with E-state index in [-0.39, 0.29) is 0 Å². The van der Waals surface area contributed by atoms with Crippen molar-refractivity contribution in [3.05, 3.63) is 78.0 Å². The van der Waals surface area contributed by atoms with Gasteiger partial charge in [-0.25, -0.2) is 0 Å². The van der Waals surface area contributed by atoms with Gasteiger partial charge >= 0.3 is 0 Å². The molecule has 2 nitrogen and oxygen atoms in total. The molecule has 0 saturated heterocycles. The fraction of sp³-hybridized carbons (Fsp3) is 0.118. The SMILES string of the molecule is Cc1ccc(Cn2nccc2-c2ccccc2)cc1. The zero-order valence-corrected chi connectivity index (χ0v) is 11.0. The maximum absolute atomic E-state index is 4.43. The molecule has 0 atom stereocenters. The summed E-state index contributed by atoms with van der Waals surface area (Å²) in [5.41, 5.74) is 4.91. The zero-order chi connectivity index (χ0) is 13.1. The lowest BCUT2D eigenvalue weighted by Crippen LogP contribution is -2.03. The molecule has 1 heterocycles. The first-order chi connectivity index (χ1) is 9.33. The van der Waals surface area contributed by atoms with Gasteiger partial charge in [0.15, 0.2) is 0 Å². The highest BCUT2D eigenvalue weighted by atomic mass is 15.3. The van der Waals surface area contributed by atoms with Gasteiger partial charge in [-0.1, -0.05) is 60.2 Å². The maximum Gasteiger partial charge on any atom is 0.0686 e. The number of benzene rings is 2. The summed E-state index contributed by atoms with van der Waals surface area (Å²) in [4.78, 5) is 0. The van der Waals surface area contributed by atoms with Crippen molar-refractivity contribution < 1.29 is 0 Å². The first kappa shape index (κ1) is 11.7. The highest BCUT2D eigenvalue weighted by Gasteiger charge is 2.05. The molecular weight excluding hydrogens is 232 g/mol. The monoisotopic (exact) mass is 248 g/mol. The molecule has 3 rings (SSSR count). The predicted octanol–water partition coefficient (Wildman–Crippen LogP) is 3.91. The summed E-state index contributed by atoms with van der Waals surface area (Å²) in [6.45, 7) is 2.91. The van der Waals surface area contributed by atoms with Crippen LogP contribution in [0, 0.1) is 6.92 Å². The number of rotatable bonds is 3. The fourth-order valence-corrected chi connectivity index (χ4v) is 2.18. The van der Waals surface area contributed by atoms with Crippen LogP contribution in [0.25, 0.3) is 11.3 Å². The molecule has 0 radical (unpaired) electrons. The quantitative estimate of drug-likeness (QED) is 0.687. The normalized spacial score (nSPS) is 10.6. The lowest BCUT2D eigenvalue weighted by Gasteiger charge is -2.08. The van der Waals surface area contributed by atoms with Crippen LogP contribution in [-0.4, -0.2) is 9.78 Å². The minimum Gasteiger partial charge on any atom is -0.260 e. The molecule has 0 bridgehead atoms. The molecule has 3 aromatic rings. The molecule has 0 fully saturated rings. The molecule has 0 N–H and O–H groups in total. The summed E-state index contributed by atoms with van der Waals surface area (Å²) in [7, 11) is 0. The topological polar surface area (TPSA) is 17.8 Å². The molecule has 0 aliphatic rings. The molecule has 1 aromatic heterocycles. The van der Waals surface area contributed by atoms with Crippen molar-refractivity contribution in [2.75, 3.05) is 0 Å². The van der Waals surface area contributed by atoms with E-state index >= 15 is 0 Å². The van der Waals surface area contributed by atoms with Crippen molar-refractivity contribution in [3.63, 3.8) is 0 Å². The van der Waals surface area contributed by atoms with E-state index in [1.54, 1.807) is 0 Å². The molecule has 19 heavy (non-hydrogen) atoms. The van der Waals surface area contributed by atoms with E-state index in [0.29, 0.717) is 0 Å². The minimum absolute atomic E-state index is 0.803. The zero-order valence-electron chi connectivity index (χ0n) is 11.0. The van der Waals surface area contributed by atoms with Gasteiger partial charge in [-0.15, -0.1) is 0 Å². The molecule has 94 valence electrons. The van der Waals surface area contributed by atoms with Gasteiger partial charge < -0.3 is 0 Å². The minimum atomic E-state index is 0.803. The number of nitrogens with zero attached hydrogens (tertiary/aromatic N) is 2. The van der Waals surface area contributed by atoms with Gasteiger partial charge in [0.05, 0.1) is 12.2 Å². The Bertz CT molecular complexity index is 651. The molecule has 0 amide bonds. The van der Waals surface area contributed by atoms with Crippen LogP contribution in [0.3, 0.4) is 0 Å². The third-order valence-corrected chi connectivity index (χ3v) is 3.24. The van der Waals surface area contributed by atoms with Gasteiger partial charge in [0.25, 0.3) is 0 Å². The average Bonchev–Trinajstić information content (AvgIpc) is 2.90. The number of aryl methyl sites for hydroxylation is 1. The van der Waals surface area contributed by atoms with E-state index in [4.69, 9.17) is 0 Å². The number of hydrogen-bond donors (Lipinski definition) is 0. The van der Waals surface area contributed by atoms with Gasteiger partial charge in [0.2, 0.25) is 0 Å². The Hall–Kier alpha value is -2.35. The lowest BCUT2D eigenvalue weighted by atomic mass is 10.1. The van der Waals surface area contributed by atoms with Crippen molar-refractivity contribution in [1.29, 1.82) is 0 Å². The summed E-state index contributed by atoms with van der Waals surface area (Å²) in [5.74, 6) is 0. The van der Waals surface area contributed by atoms with Crippen molar-refractivity contribution in [1.82, 2.24) is 9.78 Å². The molecule has 0 saturated carbocycles. The van der Waals surface area contributed by atoms with Crippen LogP contribution in [0.1, 0.15) is 11.1 Å². The number of hydrogen-bond acceptors (Lipinski definition) is 1. The first-order valence-corrected chi connectivity index (χ1v) is 6.46. The smallest absolute Gasteiger partial charge is 0.0686 e. The fourth-order valence-electron chi connectivity index (χ4n) is 2.18. The summed E-state index contributed by atoms with van der Waals surface area (Å²) in [6.07, 6.45) is 1.86. The van der Waals surface area contributed by atoms with Gasteiger partial charge in [-0.05, 0) is 24.1 Å². The maximum atomic E-state index is 4.43. The van der Waals surface area contributed by atoms with Gasteiger partial charge in [0, 0.05) is 6.20 Å². The third kappa shape index (κ3) is 2.58. The second-order valence-electron chi connectivity index (χ2n) is 4.73. The van der Waals surface area contributed by atoms with E-state index in [2.05, 4.69) is 66.6 Å². The molecule has 2 aromatic carbocycles. The predicted molar refractivity (Wildman–Crippen MR) is 77.9 cm³/mol. The van der Waals surface area contributed by atoms with E-state index in [1.807, 2.05) is 16.9 Å². The molecular formula is C17H16N2. The largest absolute Gasteiger partial charge is 0.260 e. The summed E-state index contributed by atoms with van der Waals surface area (Å²) in [6, 6.07) is 21.0. The number of aromatic nitrogens is 2. The highest BCUT2D eigenvalue weighted by molar-refractivity contribution is 5.59. The van der Waals surface area contributed by atoms with E-state index < -0.39 is 0 Å². The first-order valence-electron chi connectivity index (χ1n) is 6.46. The summed E-state index contributed by atoms with van der Waals surface area (Å²) < 4.78 is 2.04. The molecule has 0 spiro atoms. The Labute approximate surface area is 113 Å². The Morgan fingerprint density at radius 3 is 2.37 bits per heavy atom. The van der Waals surface area contributed by atoms with E-state index in [9.17, 15) is 0 Å². The van der Waals surface area contributed by atoms with Crippen LogP contribution in [0.15, 0.2) is 66.9 Å². The van der Waals surface area contributed by atoms with E-state index in [0.717, 1.165) is 12.2 Å². The Morgan fingerprint density at radius 1 is 0.895 bits per heavy atom. The molecule has 2 heteroatoms. The van der Waals surface area contributed by atoms with Gasteiger partial charge in [0.1, 0.15) is 0 Å².